The third-order valence-electron chi connectivity index (χ3n) is 4.70. The van der Waals surface area contributed by atoms with Gasteiger partial charge in [-0.25, -0.2) is 4.98 Å². The Morgan fingerprint density at radius 3 is 2.91 bits per heavy atom. The number of rotatable bonds is 4. The van der Waals surface area contributed by atoms with Crippen molar-refractivity contribution in [2.24, 2.45) is 0 Å². The number of fused-ring (bicyclic) bond motifs is 2. The highest BCUT2D eigenvalue weighted by atomic mass is 16.7. The minimum atomic E-state index is -0.599. The molecule has 2 aliphatic heterocycles. The highest BCUT2D eigenvalue weighted by Crippen LogP contribution is 2.36. The fraction of sp³-hybridized carbons (Fsp3) is 0.471. The van der Waals surface area contributed by atoms with Crippen molar-refractivity contribution >= 4 is 0 Å². The Morgan fingerprint density at radius 2 is 2.17 bits per heavy atom. The summed E-state index contributed by atoms with van der Waals surface area (Å²) >= 11 is 0. The molecule has 2 bridgehead atoms. The second-order valence-corrected chi connectivity index (χ2v) is 6.13. The van der Waals surface area contributed by atoms with Crippen LogP contribution in [0.3, 0.4) is 0 Å². The van der Waals surface area contributed by atoms with Crippen molar-refractivity contribution in [2.45, 2.75) is 44.1 Å². The fourth-order valence-electron chi connectivity index (χ4n) is 3.48. The Balaban J connectivity index is 1.54. The van der Waals surface area contributed by atoms with Gasteiger partial charge in [0.05, 0.1) is 18.8 Å². The Morgan fingerprint density at radius 1 is 1.35 bits per heavy atom. The molecule has 2 N–H and O–H groups in total. The number of imidazole rings is 1. The van der Waals surface area contributed by atoms with Crippen LogP contribution in [0.2, 0.25) is 0 Å². The van der Waals surface area contributed by atoms with Gasteiger partial charge in [-0.15, -0.1) is 0 Å². The van der Waals surface area contributed by atoms with Gasteiger partial charge in [-0.2, -0.15) is 0 Å². The van der Waals surface area contributed by atoms with Crippen LogP contribution in [-0.2, 0) is 16.0 Å². The maximum atomic E-state index is 10.9. The first kappa shape index (κ1) is 14.8. The van der Waals surface area contributed by atoms with Gasteiger partial charge in [0.25, 0.3) is 0 Å². The average Bonchev–Trinajstić information content (AvgIpc) is 3.17. The molecule has 1 aromatic carbocycles. The molecule has 2 aromatic rings. The number of aliphatic hydroxyl groups excluding tert-OH is 1. The first-order chi connectivity index (χ1) is 11.2. The molecule has 0 unspecified atom stereocenters. The minimum absolute atomic E-state index is 0.126. The predicted molar refractivity (Wildman–Crippen MR) is 83.7 cm³/mol. The molecule has 2 aliphatic rings. The number of hydrogen-bond acceptors (Lipinski definition) is 5. The second kappa shape index (κ2) is 6.05. The zero-order chi connectivity index (χ0) is 15.8. The summed E-state index contributed by atoms with van der Waals surface area (Å²) in [4.78, 5) is 4.25. The summed E-state index contributed by atoms with van der Waals surface area (Å²) in [5, 5.41) is 14.4. The lowest BCUT2D eigenvalue weighted by Gasteiger charge is -2.39. The number of nitrogens with one attached hydrogen (secondary N) is 1. The van der Waals surface area contributed by atoms with Crippen LogP contribution in [0.5, 0.6) is 0 Å². The molecule has 0 amide bonds. The highest BCUT2D eigenvalue weighted by molar-refractivity contribution is 5.15. The third-order valence-corrected chi connectivity index (χ3v) is 4.70. The van der Waals surface area contributed by atoms with E-state index in [-0.39, 0.29) is 18.2 Å². The van der Waals surface area contributed by atoms with E-state index in [0.29, 0.717) is 13.2 Å². The van der Waals surface area contributed by atoms with E-state index in [1.165, 1.54) is 5.56 Å². The van der Waals surface area contributed by atoms with Crippen molar-refractivity contribution < 1.29 is 14.6 Å². The second-order valence-electron chi connectivity index (χ2n) is 6.13. The van der Waals surface area contributed by atoms with Crippen molar-refractivity contribution in [1.82, 2.24) is 14.9 Å². The lowest BCUT2D eigenvalue weighted by Crippen LogP contribution is -2.57. The van der Waals surface area contributed by atoms with E-state index in [9.17, 15) is 5.11 Å². The smallest absolute Gasteiger partial charge is 0.181 e. The molecular weight excluding hydrogens is 294 g/mol. The van der Waals surface area contributed by atoms with Crippen LogP contribution >= 0.6 is 0 Å². The number of aromatic nitrogens is 2. The van der Waals surface area contributed by atoms with E-state index in [1.54, 1.807) is 6.20 Å². The Labute approximate surface area is 135 Å². The molecule has 23 heavy (non-hydrogen) atoms. The van der Waals surface area contributed by atoms with E-state index >= 15 is 0 Å². The van der Waals surface area contributed by atoms with E-state index < -0.39 is 12.4 Å². The molecule has 3 heterocycles. The summed E-state index contributed by atoms with van der Waals surface area (Å²) < 4.78 is 13.7. The van der Waals surface area contributed by atoms with Crippen molar-refractivity contribution in [3.05, 3.63) is 54.1 Å². The first-order valence-corrected chi connectivity index (χ1v) is 7.96. The molecule has 0 spiro atoms. The van der Waals surface area contributed by atoms with E-state index in [4.69, 9.17) is 9.47 Å². The topological polar surface area (TPSA) is 68.5 Å². The summed E-state index contributed by atoms with van der Waals surface area (Å²) in [6.45, 7) is 3.10. The molecule has 0 saturated carbocycles. The zero-order valence-corrected chi connectivity index (χ0v) is 13.0. The van der Waals surface area contributed by atoms with Gasteiger partial charge in [0.15, 0.2) is 6.29 Å². The maximum absolute atomic E-state index is 10.9. The largest absolute Gasteiger partial charge is 0.389 e. The van der Waals surface area contributed by atoms with E-state index in [0.717, 1.165) is 5.82 Å². The monoisotopic (exact) mass is 315 g/mol. The Bertz CT molecular complexity index is 660. The van der Waals surface area contributed by atoms with Crippen LogP contribution in [0.25, 0.3) is 0 Å². The standard InChI is InChI=1S/C17H21N3O3/c1-11-18-7-8-20(11)15-16(21)14(13-10-22-17(15)23-13)19-9-12-5-3-2-4-6-12/h2-8,13-17,19,21H,9-10H2,1H3/t13-,14-,15-,16+,17-/m1/s1. The van der Waals surface area contributed by atoms with Crippen molar-refractivity contribution in [3.63, 3.8) is 0 Å². The molecule has 6 nitrogen and oxygen atoms in total. The van der Waals surface area contributed by atoms with E-state index in [2.05, 4.69) is 22.4 Å². The minimum Gasteiger partial charge on any atom is -0.389 e. The molecule has 4 rings (SSSR count). The first-order valence-electron chi connectivity index (χ1n) is 7.96. The average molecular weight is 315 g/mol. The van der Waals surface area contributed by atoms with Crippen LogP contribution in [0, 0.1) is 6.92 Å². The van der Waals surface area contributed by atoms with Crippen molar-refractivity contribution in [2.75, 3.05) is 6.61 Å². The number of aliphatic hydroxyl groups is 1. The van der Waals surface area contributed by atoms with Gasteiger partial charge in [0, 0.05) is 18.9 Å². The Kier molecular flexibility index (Phi) is 3.90. The van der Waals surface area contributed by atoms with Gasteiger partial charge >= 0.3 is 0 Å². The molecule has 0 aliphatic carbocycles. The molecule has 2 fully saturated rings. The van der Waals surface area contributed by atoms with Crippen molar-refractivity contribution in [3.8, 4) is 0 Å². The molecule has 5 atom stereocenters. The molecule has 0 radical (unpaired) electrons. The van der Waals surface area contributed by atoms with Crippen LogP contribution in [0.1, 0.15) is 17.4 Å². The summed E-state index contributed by atoms with van der Waals surface area (Å²) in [7, 11) is 0. The fourth-order valence-corrected chi connectivity index (χ4v) is 3.48. The van der Waals surface area contributed by atoms with Gasteiger partial charge in [0.1, 0.15) is 18.0 Å². The number of aryl methyl sites for hydroxylation is 1. The number of benzene rings is 1. The normalized spacial score (nSPS) is 33.0. The molecule has 2 saturated heterocycles. The summed E-state index contributed by atoms with van der Waals surface area (Å²) in [5.74, 6) is 0.841. The summed E-state index contributed by atoms with van der Waals surface area (Å²) in [6.07, 6.45) is 2.45. The van der Waals surface area contributed by atoms with Crippen LogP contribution in [0.4, 0.5) is 0 Å². The van der Waals surface area contributed by atoms with E-state index in [1.807, 2.05) is 35.9 Å². The van der Waals surface area contributed by atoms with Gasteiger partial charge < -0.3 is 24.5 Å². The quantitative estimate of drug-likeness (QED) is 0.881. The number of hydrogen-bond donors (Lipinski definition) is 2. The van der Waals surface area contributed by atoms with Gasteiger partial charge in [0.2, 0.25) is 0 Å². The zero-order valence-electron chi connectivity index (χ0n) is 13.0. The molecule has 122 valence electrons. The highest BCUT2D eigenvalue weighted by Gasteiger charge is 2.50. The van der Waals surface area contributed by atoms with Crippen LogP contribution < -0.4 is 5.32 Å². The van der Waals surface area contributed by atoms with Crippen LogP contribution in [0.15, 0.2) is 42.7 Å². The summed E-state index contributed by atoms with van der Waals surface area (Å²) in [5.41, 5.74) is 1.18. The molecule has 1 aromatic heterocycles. The third kappa shape index (κ3) is 2.68. The lowest BCUT2D eigenvalue weighted by atomic mass is 9.95. The number of ether oxygens (including phenoxy) is 2. The molecular formula is C17H21N3O3. The van der Waals surface area contributed by atoms with Crippen molar-refractivity contribution in [1.29, 1.82) is 0 Å². The van der Waals surface area contributed by atoms with Gasteiger partial charge in [-0.1, -0.05) is 30.3 Å². The predicted octanol–water partition coefficient (Wildman–Crippen LogP) is 1.01. The SMILES string of the molecule is Cc1nccn1[C@H]1[C@@H]2OC[C@@H](O2)[C@@H](NCc2ccccc2)[C@@H]1O. The lowest BCUT2D eigenvalue weighted by molar-refractivity contribution is -0.165. The maximum Gasteiger partial charge on any atom is 0.181 e. The summed E-state index contributed by atoms with van der Waals surface area (Å²) in [6, 6.07) is 9.68. The van der Waals surface area contributed by atoms with Gasteiger partial charge in [-0.3, -0.25) is 0 Å². The van der Waals surface area contributed by atoms with Gasteiger partial charge in [-0.05, 0) is 12.5 Å². The van der Waals surface area contributed by atoms with Crippen LogP contribution in [-0.4, -0.2) is 45.8 Å². The Hall–Kier alpha value is -1.73. The number of nitrogens with zero attached hydrogens (tertiary/aromatic N) is 2. The molecule has 6 heteroatoms.